The van der Waals surface area contributed by atoms with E-state index in [0.29, 0.717) is 18.5 Å². The number of rotatable bonds is 9. The Hall–Kier alpha value is -2.22. The van der Waals surface area contributed by atoms with Crippen LogP contribution in [0.15, 0.2) is 53.4 Å². The van der Waals surface area contributed by atoms with Crippen LogP contribution in [0.25, 0.3) is 0 Å². The molecule has 0 spiro atoms. The van der Waals surface area contributed by atoms with E-state index in [2.05, 4.69) is 10.0 Å². The molecular weight excluding hydrogens is 352 g/mol. The van der Waals surface area contributed by atoms with Crippen molar-refractivity contribution in [3.05, 3.63) is 65.2 Å². The van der Waals surface area contributed by atoms with Crippen molar-refractivity contribution in [3.8, 4) is 0 Å². The molecule has 1 amide bonds. The van der Waals surface area contributed by atoms with Crippen LogP contribution in [-0.4, -0.2) is 41.1 Å². The van der Waals surface area contributed by atoms with Gasteiger partial charge >= 0.3 is 0 Å². The van der Waals surface area contributed by atoms with Crippen LogP contribution in [0.4, 0.5) is 0 Å². The van der Waals surface area contributed by atoms with E-state index in [1.165, 1.54) is 19.2 Å². The third-order valence-corrected chi connectivity index (χ3v) is 5.36. The topological polar surface area (TPSA) is 84.5 Å². The Kier molecular flexibility index (Phi) is 7.32. The van der Waals surface area contributed by atoms with Crippen molar-refractivity contribution < 1.29 is 17.9 Å². The summed E-state index contributed by atoms with van der Waals surface area (Å²) in [6, 6.07) is 14.4. The molecular formula is C19H24N2O4S. The van der Waals surface area contributed by atoms with E-state index in [1.54, 1.807) is 13.0 Å². The summed E-state index contributed by atoms with van der Waals surface area (Å²) in [6.45, 7) is 2.70. The second kappa shape index (κ2) is 9.47. The maximum atomic E-state index is 12.4. The van der Waals surface area contributed by atoms with Crippen LogP contribution in [-0.2, 0) is 21.2 Å². The lowest BCUT2D eigenvalue weighted by Crippen LogP contribution is -2.29. The van der Waals surface area contributed by atoms with Crippen molar-refractivity contribution in [2.45, 2.75) is 18.2 Å². The maximum Gasteiger partial charge on any atom is 0.251 e. The van der Waals surface area contributed by atoms with Gasteiger partial charge in [0.15, 0.2) is 0 Å². The monoisotopic (exact) mass is 376 g/mol. The quantitative estimate of drug-likeness (QED) is 0.655. The molecule has 0 fully saturated rings. The predicted molar refractivity (Wildman–Crippen MR) is 101 cm³/mol. The molecule has 0 aliphatic rings. The van der Waals surface area contributed by atoms with Crippen LogP contribution in [0.3, 0.4) is 0 Å². The first-order valence-electron chi connectivity index (χ1n) is 8.35. The third kappa shape index (κ3) is 5.66. The first-order valence-corrected chi connectivity index (χ1v) is 9.84. The molecule has 6 nitrogen and oxygen atoms in total. The van der Waals surface area contributed by atoms with Crippen LogP contribution in [0.1, 0.15) is 21.5 Å². The molecule has 0 saturated carbocycles. The van der Waals surface area contributed by atoms with E-state index in [1.807, 2.05) is 30.3 Å². The molecule has 140 valence electrons. The van der Waals surface area contributed by atoms with Crippen molar-refractivity contribution in [1.29, 1.82) is 0 Å². The number of ether oxygens (including phenoxy) is 1. The van der Waals surface area contributed by atoms with Crippen LogP contribution in [0.5, 0.6) is 0 Å². The van der Waals surface area contributed by atoms with Crippen LogP contribution >= 0.6 is 0 Å². The van der Waals surface area contributed by atoms with Crippen molar-refractivity contribution >= 4 is 15.9 Å². The van der Waals surface area contributed by atoms with E-state index in [4.69, 9.17) is 4.74 Å². The number of hydrogen-bond donors (Lipinski definition) is 2. The number of benzene rings is 2. The number of methoxy groups -OCH3 is 1. The molecule has 2 rings (SSSR count). The van der Waals surface area contributed by atoms with Crippen LogP contribution in [0.2, 0.25) is 0 Å². The second-order valence-corrected chi connectivity index (χ2v) is 7.63. The van der Waals surface area contributed by atoms with E-state index < -0.39 is 10.0 Å². The molecule has 0 unspecified atom stereocenters. The Bertz CT molecular complexity index is 836. The molecule has 26 heavy (non-hydrogen) atoms. The lowest BCUT2D eigenvalue weighted by Gasteiger charge is -2.11. The number of nitrogens with one attached hydrogen (secondary N) is 2. The minimum absolute atomic E-state index is 0.0624. The smallest absolute Gasteiger partial charge is 0.251 e. The summed E-state index contributed by atoms with van der Waals surface area (Å²) < 4.78 is 31.9. The van der Waals surface area contributed by atoms with E-state index in [9.17, 15) is 13.2 Å². The molecule has 7 heteroatoms. The zero-order valence-electron chi connectivity index (χ0n) is 15.0. The lowest BCUT2D eigenvalue weighted by atomic mass is 10.1. The number of carbonyl (C=O) groups is 1. The van der Waals surface area contributed by atoms with Crippen LogP contribution in [0, 0.1) is 6.92 Å². The fourth-order valence-electron chi connectivity index (χ4n) is 2.43. The summed E-state index contributed by atoms with van der Waals surface area (Å²) in [6.07, 6.45) is 0.711. The van der Waals surface area contributed by atoms with Crippen molar-refractivity contribution in [3.63, 3.8) is 0 Å². The zero-order chi connectivity index (χ0) is 19.0. The number of sulfonamides is 1. The normalized spacial score (nSPS) is 11.3. The van der Waals surface area contributed by atoms with Gasteiger partial charge in [-0.2, -0.15) is 0 Å². The van der Waals surface area contributed by atoms with Gasteiger partial charge in [-0.15, -0.1) is 0 Å². The third-order valence-electron chi connectivity index (χ3n) is 3.90. The number of hydrogen-bond acceptors (Lipinski definition) is 4. The average molecular weight is 376 g/mol. The highest BCUT2D eigenvalue weighted by Crippen LogP contribution is 2.15. The minimum Gasteiger partial charge on any atom is -0.383 e. The van der Waals surface area contributed by atoms with Crippen LogP contribution < -0.4 is 10.0 Å². The summed E-state index contributed by atoms with van der Waals surface area (Å²) in [7, 11) is -2.18. The molecule has 0 heterocycles. The molecule has 0 atom stereocenters. The van der Waals surface area contributed by atoms with Crippen molar-refractivity contribution in [2.24, 2.45) is 0 Å². The Morgan fingerprint density at radius 1 is 1.08 bits per heavy atom. The molecule has 2 N–H and O–H groups in total. The van der Waals surface area contributed by atoms with Crippen molar-refractivity contribution in [1.82, 2.24) is 10.0 Å². The van der Waals surface area contributed by atoms with Gasteiger partial charge in [-0.05, 0) is 36.6 Å². The predicted octanol–water partition coefficient (Wildman–Crippen LogP) is 1.89. The molecule has 0 aromatic heterocycles. The molecule has 0 bridgehead atoms. The van der Waals surface area contributed by atoms with Gasteiger partial charge in [0.1, 0.15) is 0 Å². The SMILES string of the molecule is COCCNS(=O)(=O)c1ccc(C)c(C(=O)NCCc2ccccc2)c1. The summed E-state index contributed by atoms with van der Waals surface area (Å²) >= 11 is 0. The Morgan fingerprint density at radius 3 is 2.50 bits per heavy atom. The van der Waals surface area contributed by atoms with E-state index in [-0.39, 0.29) is 24.0 Å². The van der Waals surface area contributed by atoms with Gasteiger partial charge in [-0.1, -0.05) is 36.4 Å². The summed E-state index contributed by atoms with van der Waals surface area (Å²) in [5.74, 6) is -0.285. The summed E-state index contributed by atoms with van der Waals surface area (Å²) in [5, 5.41) is 2.85. The first kappa shape index (κ1) is 20.1. The fraction of sp³-hybridized carbons (Fsp3) is 0.316. The first-order chi connectivity index (χ1) is 12.4. The Balaban J connectivity index is 2.05. The van der Waals surface area contributed by atoms with Gasteiger partial charge in [-0.25, -0.2) is 13.1 Å². The van der Waals surface area contributed by atoms with Gasteiger partial charge in [0.25, 0.3) is 5.91 Å². The van der Waals surface area contributed by atoms with Gasteiger partial charge < -0.3 is 10.1 Å². The molecule has 2 aromatic carbocycles. The average Bonchev–Trinajstić information content (AvgIpc) is 2.63. The Labute approximate surface area is 154 Å². The Morgan fingerprint density at radius 2 is 1.81 bits per heavy atom. The van der Waals surface area contributed by atoms with E-state index in [0.717, 1.165) is 11.1 Å². The minimum atomic E-state index is -3.68. The molecule has 0 saturated heterocycles. The lowest BCUT2D eigenvalue weighted by molar-refractivity contribution is 0.0953. The number of carbonyl (C=O) groups excluding carboxylic acids is 1. The highest BCUT2D eigenvalue weighted by Gasteiger charge is 2.17. The molecule has 0 aliphatic heterocycles. The number of amides is 1. The number of aryl methyl sites for hydroxylation is 1. The fourth-order valence-corrected chi connectivity index (χ4v) is 3.47. The zero-order valence-corrected chi connectivity index (χ0v) is 15.8. The molecule has 0 radical (unpaired) electrons. The second-order valence-electron chi connectivity index (χ2n) is 5.86. The molecule has 0 aliphatic carbocycles. The largest absolute Gasteiger partial charge is 0.383 e. The van der Waals surface area contributed by atoms with Crippen molar-refractivity contribution in [2.75, 3.05) is 26.8 Å². The van der Waals surface area contributed by atoms with Gasteiger partial charge in [0.2, 0.25) is 10.0 Å². The van der Waals surface area contributed by atoms with Gasteiger partial charge in [0, 0.05) is 25.8 Å². The summed E-state index contributed by atoms with van der Waals surface area (Å²) in [4.78, 5) is 12.5. The molecule has 2 aromatic rings. The van der Waals surface area contributed by atoms with E-state index >= 15 is 0 Å². The van der Waals surface area contributed by atoms with Gasteiger partial charge in [0.05, 0.1) is 11.5 Å². The highest BCUT2D eigenvalue weighted by molar-refractivity contribution is 7.89. The highest BCUT2D eigenvalue weighted by atomic mass is 32.2. The maximum absolute atomic E-state index is 12.4. The summed E-state index contributed by atoms with van der Waals surface area (Å²) in [5.41, 5.74) is 2.20. The van der Waals surface area contributed by atoms with Gasteiger partial charge in [-0.3, -0.25) is 4.79 Å². The standard InChI is InChI=1S/C19H24N2O4S/c1-15-8-9-17(26(23,24)21-12-13-25-2)14-18(15)19(22)20-11-10-16-6-4-3-5-7-16/h3-9,14,21H,10-13H2,1-2H3,(H,20,22).